The van der Waals surface area contributed by atoms with Gasteiger partial charge in [-0.2, -0.15) is 0 Å². The van der Waals surface area contributed by atoms with Crippen molar-refractivity contribution in [1.82, 2.24) is 0 Å². The monoisotopic (exact) mass is 345 g/mol. The molecule has 3 heteroatoms. The molecule has 0 heterocycles. The summed E-state index contributed by atoms with van der Waals surface area (Å²) >= 11 is 2.30. The first kappa shape index (κ1) is 13.1. The van der Waals surface area contributed by atoms with E-state index in [2.05, 4.69) is 40.0 Å². The molecule has 0 spiro atoms. The molecule has 0 aliphatic heterocycles. The third-order valence-electron chi connectivity index (χ3n) is 3.45. The average molecular weight is 345 g/mol. The van der Waals surface area contributed by atoms with Gasteiger partial charge in [-0.25, -0.2) is 0 Å². The number of aliphatic hydroxyl groups is 1. The zero-order valence-corrected chi connectivity index (χ0v) is 12.2. The lowest BCUT2D eigenvalue weighted by Gasteiger charge is -2.16. The Labute approximate surface area is 117 Å². The van der Waals surface area contributed by atoms with Gasteiger partial charge in [0.2, 0.25) is 0 Å². The van der Waals surface area contributed by atoms with Crippen LogP contribution in [0, 0.1) is 9.49 Å². The molecule has 94 valence electrons. The Balaban J connectivity index is 1.73. The number of halogens is 1. The van der Waals surface area contributed by atoms with E-state index in [1.807, 2.05) is 12.1 Å². The third-order valence-corrected chi connectivity index (χ3v) is 4.12. The second-order valence-electron chi connectivity index (χ2n) is 4.93. The quantitative estimate of drug-likeness (QED) is 0.799. The van der Waals surface area contributed by atoms with Crippen LogP contribution in [0.25, 0.3) is 0 Å². The van der Waals surface area contributed by atoms with E-state index in [1.54, 1.807) is 0 Å². The van der Waals surface area contributed by atoms with Crippen LogP contribution >= 0.6 is 22.6 Å². The van der Waals surface area contributed by atoms with Crippen LogP contribution in [0.15, 0.2) is 24.3 Å². The predicted octanol–water partition coefficient (Wildman–Crippen LogP) is 3.64. The summed E-state index contributed by atoms with van der Waals surface area (Å²) in [5, 5.41) is 13.3. The first-order chi connectivity index (χ1) is 8.24. The molecule has 1 saturated carbocycles. The minimum atomic E-state index is -0.212. The van der Waals surface area contributed by atoms with E-state index in [4.69, 9.17) is 0 Å². The van der Waals surface area contributed by atoms with Gasteiger partial charge in [-0.05, 0) is 53.1 Å². The Morgan fingerprint density at radius 3 is 2.82 bits per heavy atom. The van der Waals surface area contributed by atoms with Gasteiger partial charge in [0.05, 0.1) is 6.10 Å². The normalized spacial score (nSPS) is 18.2. The lowest BCUT2D eigenvalue weighted by atomic mass is 10.00. The van der Waals surface area contributed by atoms with Crippen molar-refractivity contribution < 1.29 is 5.11 Å². The van der Waals surface area contributed by atoms with Crippen molar-refractivity contribution in [2.75, 3.05) is 11.9 Å². The van der Waals surface area contributed by atoms with Crippen LogP contribution in [0.4, 0.5) is 5.69 Å². The first-order valence-corrected chi connectivity index (χ1v) is 7.49. The molecule has 2 nitrogen and oxygen atoms in total. The maximum Gasteiger partial charge on any atom is 0.0715 e. The Hall–Kier alpha value is -0.290. The largest absolute Gasteiger partial charge is 0.391 e. The molecule has 1 aromatic rings. The molecule has 1 aromatic carbocycles. The molecule has 2 N–H and O–H groups in total. The Morgan fingerprint density at radius 1 is 1.35 bits per heavy atom. The van der Waals surface area contributed by atoms with Crippen molar-refractivity contribution in [2.45, 2.75) is 38.2 Å². The molecule has 2 rings (SSSR count). The number of hydrogen-bond donors (Lipinski definition) is 2. The van der Waals surface area contributed by atoms with Gasteiger partial charge in [-0.3, -0.25) is 0 Å². The lowest BCUT2D eigenvalue weighted by Crippen LogP contribution is -2.22. The summed E-state index contributed by atoms with van der Waals surface area (Å²) in [7, 11) is 0. The van der Waals surface area contributed by atoms with E-state index in [0.717, 1.165) is 18.0 Å². The van der Waals surface area contributed by atoms with Crippen molar-refractivity contribution >= 4 is 28.3 Å². The highest BCUT2D eigenvalue weighted by molar-refractivity contribution is 14.1. The summed E-state index contributed by atoms with van der Waals surface area (Å²) in [4.78, 5) is 0. The molecule has 1 unspecified atom stereocenters. The minimum absolute atomic E-state index is 0.212. The summed E-state index contributed by atoms with van der Waals surface area (Å²) in [5.41, 5.74) is 1.10. The highest BCUT2D eigenvalue weighted by Gasteiger charge is 2.18. The molecular weight excluding hydrogens is 325 g/mol. The Bertz CT molecular complexity index is 350. The molecule has 1 fully saturated rings. The number of aliphatic hydroxyl groups excluding tert-OH is 1. The zero-order chi connectivity index (χ0) is 12.1. The van der Waals surface area contributed by atoms with Gasteiger partial charge < -0.3 is 10.4 Å². The highest BCUT2D eigenvalue weighted by Crippen LogP contribution is 2.28. The van der Waals surface area contributed by atoms with E-state index < -0.39 is 0 Å². The molecule has 17 heavy (non-hydrogen) atoms. The number of rotatable bonds is 5. The molecule has 1 aliphatic rings. The van der Waals surface area contributed by atoms with Crippen LogP contribution in [-0.2, 0) is 0 Å². The zero-order valence-electron chi connectivity index (χ0n) is 10.0. The number of anilines is 1. The number of nitrogens with one attached hydrogen (secondary N) is 1. The summed E-state index contributed by atoms with van der Waals surface area (Å²) in [6.45, 7) is 0.663. The van der Waals surface area contributed by atoms with Crippen LogP contribution in [0.3, 0.4) is 0 Å². The third kappa shape index (κ3) is 4.47. The number of benzene rings is 1. The van der Waals surface area contributed by atoms with Crippen LogP contribution in [0.2, 0.25) is 0 Å². The molecule has 0 radical (unpaired) electrons. The van der Waals surface area contributed by atoms with Crippen LogP contribution in [0.5, 0.6) is 0 Å². The fourth-order valence-corrected chi connectivity index (χ4v) is 3.09. The fourth-order valence-electron chi connectivity index (χ4n) is 2.55. The average Bonchev–Trinajstić information content (AvgIpc) is 2.79. The second kappa shape index (κ2) is 6.59. The molecule has 1 aliphatic carbocycles. The molecule has 0 aromatic heterocycles. The van der Waals surface area contributed by atoms with Crippen molar-refractivity contribution in [3.8, 4) is 0 Å². The lowest BCUT2D eigenvalue weighted by molar-refractivity contribution is 0.155. The van der Waals surface area contributed by atoms with Crippen LogP contribution < -0.4 is 5.32 Å². The van der Waals surface area contributed by atoms with Gasteiger partial charge in [0.25, 0.3) is 0 Å². The highest BCUT2D eigenvalue weighted by atomic mass is 127. The molecule has 0 amide bonds. The summed E-state index contributed by atoms with van der Waals surface area (Å²) < 4.78 is 1.22. The molecule has 1 atom stereocenters. The van der Waals surface area contributed by atoms with Crippen LogP contribution in [0.1, 0.15) is 32.1 Å². The Kier molecular flexibility index (Phi) is 5.10. The van der Waals surface area contributed by atoms with Crippen molar-refractivity contribution in [3.05, 3.63) is 27.8 Å². The topological polar surface area (TPSA) is 32.3 Å². The maximum atomic E-state index is 9.98. The standard InChI is InChI=1S/C14H20INO/c15-12-6-3-7-13(9-12)16-10-14(17)8-11-4-1-2-5-11/h3,6-7,9,11,14,16-17H,1-2,4-5,8,10H2. The van der Waals surface area contributed by atoms with Gasteiger partial charge >= 0.3 is 0 Å². The second-order valence-corrected chi connectivity index (χ2v) is 6.18. The molecule has 0 saturated heterocycles. The van der Waals surface area contributed by atoms with Gasteiger partial charge in [0.15, 0.2) is 0 Å². The SMILES string of the molecule is OC(CNc1cccc(I)c1)CC1CCCC1. The van der Waals surface area contributed by atoms with Crippen molar-refractivity contribution in [3.63, 3.8) is 0 Å². The van der Waals surface area contributed by atoms with E-state index in [9.17, 15) is 5.11 Å². The van der Waals surface area contributed by atoms with Crippen LogP contribution in [-0.4, -0.2) is 17.8 Å². The summed E-state index contributed by atoms with van der Waals surface area (Å²) in [6.07, 6.45) is 6.05. The first-order valence-electron chi connectivity index (χ1n) is 6.41. The Morgan fingerprint density at radius 2 is 2.12 bits per heavy atom. The van der Waals surface area contributed by atoms with Crippen molar-refractivity contribution in [2.24, 2.45) is 5.92 Å². The van der Waals surface area contributed by atoms with Gasteiger partial charge in [0.1, 0.15) is 0 Å². The molecule has 0 bridgehead atoms. The van der Waals surface area contributed by atoms with E-state index in [0.29, 0.717) is 6.54 Å². The predicted molar refractivity (Wildman–Crippen MR) is 80.2 cm³/mol. The van der Waals surface area contributed by atoms with E-state index in [1.165, 1.54) is 29.3 Å². The number of hydrogen-bond acceptors (Lipinski definition) is 2. The van der Waals surface area contributed by atoms with Gasteiger partial charge in [0, 0.05) is 15.8 Å². The fraction of sp³-hybridized carbons (Fsp3) is 0.571. The summed E-state index contributed by atoms with van der Waals surface area (Å²) in [5.74, 6) is 0.753. The minimum Gasteiger partial charge on any atom is -0.391 e. The van der Waals surface area contributed by atoms with Crippen molar-refractivity contribution in [1.29, 1.82) is 0 Å². The summed E-state index contributed by atoms with van der Waals surface area (Å²) in [6, 6.07) is 8.25. The molecular formula is C14H20INO. The smallest absolute Gasteiger partial charge is 0.0715 e. The van der Waals surface area contributed by atoms with E-state index in [-0.39, 0.29) is 6.10 Å². The maximum absolute atomic E-state index is 9.98. The van der Waals surface area contributed by atoms with Gasteiger partial charge in [-0.1, -0.05) is 31.7 Å². The van der Waals surface area contributed by atoms with E-state index >= 15 is 0 Å². The van der Waals surface area contributed by atoms with Gasteiger partial charge in [-0.15, -0.1) is 0 Å².